The standard InChI is InChI=1S/C10H20N2/c1-7(2)12-5-8-3-4-9(6-12)10(8)11/h7-10H,3-6,11H2,1-2H3/t8-,9-/m1/s1. The predicted molar refractivity (Wildman–Crippen MR) is 50.9 cm³/mol. The van der Waals surface area contributed by atoms with Gasteiger partial charge in [0, 0.05) is 25.2 Å². The molecule has 1 saturated carbocycles. The Morgan fingerprint density at radius 1 is 1.17 bits per heavy atom. The lowest BCUT2D eigenvalue weighted by atomic mass is 9.92. The van der Waals surface area contributed by atoms with Gasteiger partial charge in [-0.2, -0.15) is 0 Å². The van der Waals surface area contributed by atoms with Crippen LogP contribution in [0.1, 0.15) is 26.7 Å². The van der Waals surface area contributed by atoms with Gasteiger partial charge in [-0.3, -0.25) is 0 Å². The van der Waals surface area contributed by atoms with E-state index < -0.39 is 0 Å². The highest BCUT2D eigenvalue weighted by Gasteiger charge is 2.40. The second kappa shape index (κ2) is 3.00. The molecule has 2 N–H and O–H groups in total. The topological polar surface area (TPSA) is 29.3 Å². The van der Waals surface area contributed by atoms with E-state index in [0.717, 1.165) is 11.8 Å². The Morgan fingerprint density at radius 2 is 1.67 bits per heavy atom. The van der Waals surface area contributed by atoms with Crippen molar-refractivity contribution in [2.75, 3.05) is 13.1 Å². The van der Waals surface area contributed by atoms with Crippen LogP contribution in [0.15, 0.2) is 0 Å². The molecule has 0 unspecified atom stereocenters. The van der Waals surface area contributed by atoms with Crippen molar-refractivity contribution < 1.29 is 0 Å². The molecule has 0 spiro atoms. The van der Waals surface area contributed by atoms with Gasteiger partial charge in [-0.15, -0.1) is 0 Å². The van der Waals surface area contributed by atoms with Crippen molar-refractivity contribution >= 4 is 0 Å². The molecule has 1 aliphatic heterocycles. The minimum Gasteiger partial charge on any atom is -0.327 e. The van der Waals surface area contributed by atoms with E-state index in [9.17, 15) is 0 Å². The van der Waals surface area contributed by atoms with E-state index in [-0.39, 0.29) is 0 Å². The first-order chi connectivity index (χ1) is 5.68. The van der Waals surface area contributed by atoms with E-state index in [2.05, 4.69) is 18.7 Å². The fraction of sp³-hybridized carbons (Fsp3) is 1.00. The largest absolute Gasteiger partial charge is 0.327 e. The summed E-state index contributed by atoms with van der Waals surface area (Å²) < 4.78 is 0. The van der Waals surface area contributed by atoms with Gasteiger partial charge in [0.1, 0.15) is 0 Å². The minimum absolute atomic E-state index is 0.514. The normalized spacial score (nSPS) is 42.5. The lowest BCUT2D eigenvalue weighted by molar-refractivity contribution is 0.117. The molecular formula is C10H20N2. The molecule has 0 aromatic heterocycles. The zero-order valence-corrected chi connectivity index (χ0v) is 8.16. The molecule has 0 radical (unpaired) electrons. The summed E-state index contributed by atoms with van der Waals surface area (Å²) >= 11 is 0. The third-order valence-electron chi connectivity index (χ3n) is 3.67. The highest BCUT2D eigenvalue weighted by Crippen LogP contribution is 2.36. The molecule has 1 saturated heterocycles. The van der Waals surface area contributed by atoms with Crippen LogP contribution in [0.3, 0.4) is 0 Å². The van der Waals surface area contributed by atoms with E-state index in [0.29, 0.717) is 12.1 Å². The number of nitrogens with two attached hydrogens (primary N) is 1. The molecular weight excluding hydrogens is 148 g/mol. The maximum Gasteiger partial charge on any atom is 0.0120 e. The van der Waals surface area contributed by atoms with Crippen LogP contribution in [0.2, 0.25) is 0 Å². The van der Waals surface area contributed by atoms with Crippen LogP contribution in [0, 0.1) is 11.8 Å². The fourth-order valence-electron chi connectivity index (χ4n) is 2.72. The van der Waals surface area contributed by atoms with Crippen molar-refractivity contribution in [3.63, 3.8) is 0 Å². The molecule has 0 amide bonds. The van der Waals surface area contributed by atoms with E-state index in [4.69, 9.17) is 5.73 Å². The van der Waals surface area contributed by atoms with Crippen LogP contribution in [0.25, 0.3) is 0 Å². The van der Waals surface area contributed by atoms with Crippen LogP contribution in [0.4, 0.5) is 0 Å². The third kappa shape index (κ3) is 1.27. The van der Waals surface area contributed by atoms with Crippen molar-refractivity contribution in [1.29, 1.82) is 0 Å². The van der Waals surface area contributed by atoms with E-state index in [1.165, 1.54) is 25.9 Å². The van der Waals surface area contributed by atoms with Crippen molar-refractivity contribution in [2.45, 2.75) is 38.8 Å². The van der Waals surface area contributed by atoms with Crippen LogP contribution in [-0.2, 0) is 0 Å². The first-order valence-electron chi connectivity index (χ1n) is 5.18. The van der Waals surface area contributed by atoms with Crippen LogP contribution < -0.4 is 5.73 Å². The molecule has 2 bridgehead atoms. The molecule has 0 aromatic rings. The second-order valence-corrected chi connectivity index (χ2v) is 4.72. The molecule has 12 heavy (non-hydrogen) atoms. The van der Waals surface area contributed by atoms with Gasteiger partial charge in [0.25, 0.3) is 0 Å². The van der Waals surface area contributed by atoms with Gasteiger partial charge in [-0.1, -0.05) is 0 Å². The van der Waals surface area contributed by atoms with Gasteiger partial charge in [-0.05, 0) is 38.5 Å². The number of hydrogen-bond acceptors (Lipinski definition) is 2. The molecule has 1 heterocycles. The number of piperidine rings is 1. The summed E-state index contributed by atoms with van der Waals surface area (Å²) in [6.07, 6.45) is 2.74. The van der Waals surface area contributed by atoms with Gasteiger partial charge in [0.2, 0.25) is 0 Å². The van der Waals surface area contributed by atoms with Crippen LogP contribution in [0.5, 0.6) is 0 Å². The van der Waals surface area contributed by atoms with Gasteiger partial charge in [0.15, 0.2) is 0 Å². The van der Waals surface area contributed by atoms with Crippen molar-refractivity contribution in [3.05, 3.63) is 0 Å². The summed E-state index contributed by atoms with van der Waals surface area (Å²) in [6.45, 7) is 7.07. The number of rotatable bonds is 1. The summed E-state index contributed by atoms with van der Waals surface area (Å²) in [5.74, 6) is 1.59. The smallest absolute Gasteiger partial charge is 0.0120 e. The van der Waals surface area contributed by atoms with Gasteiger partial charge in [-0.25, -0.2) is 0 Å². The molecule has 2 fully saturated rings. The van der Waals surface area contributed by atoms with Gasteiger partial charge >= 0.3 is 0 Å². The average Bonchev–Trinajstić information content (AvgIpc) is 2.30. The Labute approximate surface area is 75.1 Å². The summed E-state index contributed by atoms with van der Waals surface area (Å²) in [6, 6.07) is 1.22. The van der Waals surface area contributed by atoms with Crippen LogP contribution in [-0.4, -0.2) is 30.1 Å². The van der Waals surface area contributed by atoms with Gasteiger partial charge < -0.3 is 10.6 Å². The Kier molecular flexibility index (Phi) is 2.13. The predicted octanol–water partition coefficient (Wildman–Crippen LogP) is 1.06. The Hall–Kier alpha value is -0.0800. The summed E-state index contributed by atoms with van der Waals surface area (Å²) in [7, 11) is 0. The highest BCUT2D eigenvalue weighted by molar-refractivity contribution is 4.95. The minimum atomic E-state index is 0.514. The third-order valence-corrected chi connectivity index (χ3v) is 3.67. The lowest BCUT2D eigenvalue weighted by Crippen LogP contribution is -2.50. The van der Waals surface area contributed by atoms with E-state index >= 15 is 0 Å². The number of fused-ring (bicyclic) bond motifs is 2. The number of nitrogens with zero attached hydrogens (tertiary/aromatic N) is 1. The number of likely N-dealkylation sites (tertiary alicyclic amines) is 1. The molecule has 2 rings (SSSR count). The quantitative estimate of drug-likeness (QED) is 0.634. The average molecular weight is 168 g/mol. The van der Waals surface area contributed by atoms with E-state index in [1.54, 1.807) is 0 Å². The monoisotopic (exact) mass is 168 g/mol. The summed E-state index contributed by atoms with van der Waals surface area (Å²) in [5.41, 5.74) is 6.12. The summed E-state index contributed by atoms with van der Waals surface area (Å²) in [4.78, 5) is 2.59. The maximum atomic E-state index is 6.12. The molecule has 2 heteroatoms. The SMILES string of the molecule is CC(C)N1C[C@H]2CC[C@H](C1)C2N. The Morgan fingerprint density at radius 3 is 2.08 bits per heavy atom. The summed E-state index contributed by atoms with van der Waals surface area (Å²) in [5, 5.41) is 0. The Balaban J connectivity index is 2.02. The molecule has 70 valence electrons. The molecule has 2 aliphatic rings. The zero-order valence-electron chi connectivity index (χ0n) is 8.16. The molecule has 1 aliphatic carbocycles. The second-order valence-electron chi connectivity index (χ2n) is 4.72. The van der Waals surface area contributed by atoms with Gasteiger partial charge in [0.05, 0.1) is 0 Å². The maximum absolute atomic E-state index is 6.12. The Bertz CT molecular complexity index is 153. The fourth-order valence-corrected chi connectivity index (χ4v) is 2.72. The number of hydrogen-bond donors (Lipinski definition) is 1. The molecule has 0 aromatic carbocycles. The zero-order chi connectivity index (χ0) is 8.72. The van der Waals surface area contributed by atoms with Crippen molar-refractivity contribution in [1.82, 2.24) is 4.90 Å². The highest BCUT2D eigenvalue weighted by atomic mass is 15.2. The first-order valence-corrected chi connectivity index (χ1v) is 5.18. The first kappa shape index (κ1) is 8.52. The lowest BCUT2D eigenvalue weighted by Gasteiger charge is -2.38. The van der Waals surface area contributed by atoms with Crippen molar-refractivity contribution in [3.8, 4) is 0 Å². The van der Waals surface area contributed by atoms with Crippen LogP contribution >= 0.6 is 0 Å². The van der Waals surface area contributed by atoms with Crippen molar-refractivity contribution in [2.24, 2.45) is 17.6 Å². The molecule has 2 nitrogen and oxygen atoms in total. The molecule has 2 atom stereocenters. The van der Waals surface area contributed by atoms with E-state index in [1.807, 2.05) is 0 Å².